The van der Waals surface area contributed by atoms with Crippen molar-refractivity contribution in [3.05, 3.63) is 87.3 Å². The molecule has 0 radical (unpaired) electrons. The maximum atomic E-state index is 12.9. The molecule has 3 aromatic carbocycles. The summed E-state index contributed by atoms with van der Waals surface area (Å²) in [6.45, 7) is 3.01. The average molecular weight is 524 g/mol. The molecule has 2 heterocycles. The van der Waals surface area contributed by atoms with Crippen LogP contribution in [0.4, 0.5) is 4.79 Å². The molecule has 9 heteroatoms. The van der Waals surface area contributed by atoms with Crippen LogP contribution < -0.4 is 18.9 Å². The number of benzene rings is 3. The monoisotopic (exact) mass is 523 g/mol. The van der Waals surface area contributed by atoms with E-state index in [2.05, 4.69) is 0 Å². The highest BCUT2D eigenvalue weighted by Crippen LogP contribution is 2.39. The van der Waals surface area contributed by atoms with Crippen LogP contribution in [-0.4, -0.2) is 36.1 Å². The first kappa shape index (κ1) is 24.1. The van der Waals surface area contributed by atoms with Gasteiger partial charge in [0.05, 0.1) is 11.4 Å². The Morgan fingerprint density at radius 1 is 0.944 bits per heavy atom. The van der Waals surface area contributed by atoms with Crippen LogP contribution in [0.25, 0.3) is 6.08 Å². The van der Waals surface area contributed by atoms with Gasteiger partial charge in [0.25, 0.3) is 11.1 Å². The summed E-state index contributed by atoms with van der Waals surface area (Å²) in [4.78, 5) is 27.0. The Hall–Kier alpha value is -3.62. The highest BCUT2D eigenvalue weighted by atomic mass is 35.5. The highest BCUT2D eigenvalue weighted by Gasteiger charge is 2.35. The van der Waals surface area contributed by atoms with Gasteiger partial charge in [-0.05, 0) is 66.2 Å². The smallest absolute Gasteiger partial charge is 0.293 e. The molecule has 2 amide bonds. The number of halogens is 1. The zero-order valence-electron chi connectivity index (χ0n) is 19.4. The minimum Gasteiger partial charge on any atom is -0.490 e. The summed E-state index contributed by atoms with van der Waals surface area (Å²) >= 11 is 7.22. The number of carbonyl (C=O) groups excluding carboxylic acids is 2. The van der Waals surface area contributed by atoms with Gasteiger partial charge in [0, 0.05) is 11.1 Å². The number of hydrogen-bond acceptors (Lipinski definition) is 7. The summed E-state index contributed by atoms with van der Waals surface area (Å²) in [7, 11) is 0. The van der Waals surface area contributed by atoms with Gasteiger partial charge in [0.1, 0.15) is 24.7 Å². The predicted octanol–water partition coefficient (Wildman–Crippen LogP) is 6.07. The van der Waals surface area contributed by atoms with Crippen LogP contribution in [0.1, 0.15) is 16.7 Å². The predicted molar refractivity (Wildman–Crippen MR) is 138 cm³/mol. The molecule has 1 saturated heterocycles. The van der Waals surface area contributed by atoms with Crippen molar-refractivity contribution in [1.82, 2.24) is 4.90 Å². The Morgan fingerprint density at radius 3 is 2.22 bits per heavy atom. The van der Waals surface area contributed by atoms with Gasteiger partial charge in [0.15, 0.2) is 11.5 Å². The topological polar surface area (TPSA) is 74.3 Å². The molecule has 184 valence electrons. The van der Waals surface area contributed by atoms with E-state index in [9.17, 15) is 9.59 Å². The lowest BCUT2D eigenvalue weighted by molar-refractivity contribution is -0.123. The highest BCUT2D eigenvalue weighted by molar-refractivity contribution is 8.18. The Labute approximate surface area is 217 Å². The van der Waals surface area contributed by atoms with Gasteiger partial charge in [-0.1, -0.05) is 41.4 Å². The summed E-state index contributed by atoms with van der Waals surface area (Å²) in [5.41, 5.74) is 2.57. The molecule has 1 fully saturated rings. The minimum absolute atomic E-state index is 0.0505. The second kappa shape index (κ2) is 10.6. The molecular formula is C27H22ClNO6S. The van der Waals surface area contributed by atoms with Crippen molar-refractivity contribution in [2.24, 2.45) is 0 Å². The molecule has 0 spiro atoms. The van der Waals surface area contributed by atoms with Crippen LogP contribution in [0.15, 0.2) is 65.6 Å². The maximum absolute atomic E-state index is 12.9. The van der Waals surface area contributed by atoms with Crippen molar-refractivity contribution in [2.75, 3.05) is 20.0 Å². The molecule has 0 atom stereocenters. The van der Waals surface area contributed by atoms with E-state index in [0.29, 0.717) is 46.0 Å². The number of carbonyl (C=O) groups is 2. The summed E-state index contributed by atoms with van der Waals surface area (Å²) in [5.74, 6) is 2.21. The number of fused-ring (bicyclic) bond motifs is 1. The summed E-state index contributed by atoms with van der Waals surface area (Å²) in [5, 5.41) is 0.0515. The maximum Gasteiger partial charge on any atom is 0.293 e. The minimum atomic E-state index is -0.368. The SMILES string of the molecule is Cc1ccc(OCCOc2ccc(/C=C3\SC(=O)N(Cc4cc5c(cc4Cl)OCO5)C3=O)cc2)cc1. The van der Waals surface area contributed by atoms with Crippen LogP contribution in [0, 0.1) is 6.92 Å². The van der Waals surface area contributed by atoms with E-state index < -0.39 is 0 Å². The molecule has 0 bridgehead atoms. The third-order valence-corrected chi connectivity index (χ3v) is 6.82. The molecule has 0 N–H and O–H groups in total. The van der Waals surface area contributed by atoms with Gasteiger partial charge in [0.2, 0.25) is 6.79 Å². The molecule has 7 nitrogen and oxygen atoms in total. The number of hydrogen-bond donors (Lipinski definition) is 0. The van der Waals surface area contributed by atoms with Crippen molar-refractivity contribution in [3.8, 4) is 23.0 Å². The van der Waals surface area contributed by atoms with Crippen LogP contribution >= 0.6 is 23.4 Å². The third kappa shape index (κ3) is 5.45. The lowest BCUT2D eigenvalue weighted by Crippen LogP contribution is -2.27. The van der Waals surface area contributed by atoms with E-state index in [0.717, 1.165) is 23.1 Å². The van der Waals surface area contributed by atoms with Crippen molar-refractivity contribution >= 4 is 40.6 Å². The zero-order valence-corrected chi connectivity index (χ0v) is 20.9. The molecule has 2 aliphatic heterocycles. The quantitative estimate of drug-likeness (QED) is 0.262. The molecule has 3 aromatic rings. The lowest BCUT2D eigenvalue weighted by atomic mass is 10.1. The largest absolute Gasteiger partial charge is 0.490 e. The van der Waals surface area contributed by atoms with Gasteiger partial charge in [-0.15, -0.1) is 0 Å². The van der Waals surface area contributed by atoms with E-state index in [4.69, 9.17) is 30.5 Å². The van der Waals surface area contributed by atoms with Gasteiger partial charge in [-0.2, -0.15) is 0 Å². The molecule has 0 aromatic heterocycles. The molecule has 36 heavy (non-hydrogen) atoms. The van der Waals surface area contributed by atoms with E-state index in [1.54, 1.807) is 18.2 Å². The summed E-state index contributed by atoms with van der Waals surface area (Å²) in [6.07, 6.45) is 1.69. The number of imide groups is 1. The van der Waals surface area contributed by atoms with Crippen LogP contribution in [-0.2, 0) is 11.3 Å². The van der Waals surface area contributed by atoms with E-state index in [-0.39, 0.29) is 24.5 Å². The number of ether oxygens (including phenoxy) is 4. The fourth-order valence-corrected chi connectivity index (χ4v) is 4.70. The number of rotatable bonds is 8. The third-order valence-electron chi connectivity index (χ3n) is 5.56. The molecule has 0 saturated carbocycles. The van der Waals surface area contributed by atoms with E-state index >= 15 is 0 Å². The average Bonchev–Trinajstić information content (AvgIpc) is 3.43. The summed E-state index contributed by atoms with van der Waals surface area (Å²) < 4.78 is 22.1. The Bertz CT molecular complexity index is 1320. The summed E-state index contributed by atoms with van der Waals surface area (Å²) in [6, 6.07) is 18.5. The van der Waals surface area contributed by atoms with Crippen molar-refractivity contribution in [1.29, 1.82) is 0 Å². The number of amides is 2. The normalized spacial score (nSPS) is 15.6. The van der Waals surface area contributed by atoms with Crippen LogP contribution in [0.3, 0.4) is 0 Å². The first-order valence-electron chi connectivity index (χ1n) is 11.2. The lowest BCUT2D eigenvalue weighted by Gasteiger charge is -2.14. The van der Waals surface area contributed by atoms with Gasteiger partial charge >= 0.3 is 0 Å². The standard InChI is InChI=1S/C27H22ClNO6S/c1-17-2-6-20(7-3-17)32-10-11-33-21-8-4-18(5-9-21)12-25-26(30)29(27(31)36-25)15-19-13-23-24(14-22(19)28)35-16-34-23/h2-9,12-14H,10-11,15-16H2,1H3/b25-12-. The Morgan fingerprint density at radius 2 is 1.56 bits per heavy atom. The zero-order chi connectivity index (χ0) is 25.1. The van der Waals surface area contributed by atoms with Crippen molar-refractivity contribution < 1.29 is 28.5 Å². The first-order valence-corrected chi connectivity index (χ1v) is 12.4. The first-order chi connectivity index (χ1) is 17.5. The molecule has 0 unspecified atom stereocenters. The number of nitrogens with zero attached hydrogens (tertiary/aromatic N) is 1. The van der Waals surface area contributed by atoms with E-state index in [1.165, 1.54) is 10.5 Å². The van der Waals surface area contributed by atoms with Crippen LogP contribution in [0.2, 0.25) is 5.02 Å². The molecule has 0 aliphatic carbocycles. The molecular weight excluding hydrogens is 502 g/mol. The van der Waals surface area contributed by atoms with Gasteiger partial charge in [-0.3, -0.25) is 14.5 Å². The second-order valence-electron chi connectivity index (χ2n) is 8.14. The Kier molecular flexibility index (Phi) is 7.06. The van der Waals surface area contributed by atoms with Gasteiger partial charge < -0.3 is 18.9 Å². The second-order valence-corrected chi connectivity index (χ2v) is 9.54. The van der Waals surface area contributed by atoms with Crippen molar-refractivity contribution in [3.63, 3.8) is 0 Å². The van der Waals surface area contributed by atoms with E-state index in [1.807, 2.05) is 55.5 Å². The van der Waals surface area contributed by atoms with Crippen molar-refractivity contribution in [2.45, 2.75) is 13.5 Å². The van der Waals surface area contributed by atoms with Gasteiger partial charge in [-0.25, -0.2) is 0 Å². The fraction of sp³-hybridized carbons (Fsp3) is 0.185. The molecule has 5 rings (SSSR count). The van der Waals surface area contributed by atoms with Crippen LogP contribution in [0.5, 0.6) is 23.0 Å². The Balaban J connectivity index is 1.17. The number of aryl methyl sites for hydroxylation is 1. The molecule has 2 aliphatic rings. The fourth-order valence-electron chi connectivity index (χ4n) is 3.65. The number of thioether (sulfide) groups is 1.